The molecule has 20 heavy (non-hydrogen) atoms. The highest BCUT2D eigenvalue weighted by Crippen LogP contribution is 2.67. The number of hydrogen-bond donors (Lipinski definition) is 0. The van der Waals surface area contributed by atoms with E-state index in [1.54, 1.807) is 0 Å². The molecule has 0 spiro atoms. The van der Waals surface area contributed by atoms with Gasteiger partial charge in [-0.25, -0.2) is 0 Å². The predicted molar refractivity (Wildman–Crippen MR) is 81.5 cm³/mol. The molecule has 3 rings (SSSR count). The van der Waals surface area contributed by atoms with Crippen molar-refractivity contribution in [1.29, 1.82) is 0 Å². The Morgan fingerprint density at radius 2 is 2.25 bits per heavy atom. The SMILES string of the molecule is [2H]C[C@H]1O[C@H]([3H])C[C@@H]1O[P@@]1(=O)CCC[C@H]([C@H]2O[C@H]([3H])C[C@@H]2C)S1. The van der Waals surface area contributed by atoms with Crippen molar-refractivity contribution in [2.24, 2.45) is 5.92 Å². The van der Waals surface area contributed by atoms with E-state index >= 15 is 0 Å². The average Bonchev–Trinajstić information content (AvgIpc) is 3.00. The van der Waals surface area contributed by atoms with E-state index in [0.717, 1.165) is 19.3 Å². The fraction of sp³-hybridized carbons (Fsp3) is 1.00. The highest BCUT2D eigenvalue weighted by molar-refractivity contribution is 8.57. The van der Waals surface area contributed by atoms with Gasteiger partial charge < -0.3 is 14.0 Å². The summed E-state index contributed by atoms with van der Waals surface area (Å²) in [5.74, 6) is 0.301. The Balaban J connectivity index is 1.64. The van der Waals surface area contributed by atoms with Crippen LogP contribution < -0.4 is 0 Å². The number of ether oxygens (including phenoxy) is 2. The summed E-state index contributed by atoms with van der Waals surface area (Å²) in [4.78, 5) is 0. The van der Waals surface area contributed by atoms with Crippen LogP contribution in [0.3, 0.4) is 0 Å². The molecule has 0 saturated carbocycles. The van der Waals surface area contributed by atoms with Crippen LogP contribution in [0.1, 0.15) is 43.6 Å². The van der Waals surface area contributed by atoms with Crippen molar-refractivity contribution in [1.82, 2.24) is 0 Å². The lowest BCUT2D eigenvalue weighted by molar-refractivity contribution is 0.0694. The second-order valence-electron chi connectivity index (χ2n) is 5.82. The lowest BCUT2D eigenvalue weighted by Gasteiger charge is -2.34. The lowest BCUT2D eigenvalue weighted by atomic mass is 9.99. The van der Waals surface area contributed by atoms with Gasteiger partial charge in [-0.2, -0.15) is 0 Å². The molecule has 3 aliphatic rings. The van der Waals surface area contributed by atoms with Crippen molar-refractivity contribution in [2.45, 2.75) is 63.1 Å². The summed E-state index contributed by atoms with van der Waals surface area (Å²) in [5, 5.41) is 0.100. The van der Waals surface area contributed by atoms with E-state index in [0.29, 0.717) is 18.5 Å². The van der Waals surface area contributed by atoms with Crippen LogP contribution in [-0.2, 0) is 18.6 Å². The first-order valence-electron chi connectivity index (χ1n) is 9.17. The monoisotopic (exact) mass is 325 g/mol. The first kappa shape index (κ1) is 12.0. The highest BCUT2D eigenvalue weighted by atomic mass is 32.7. The van der Waals surface area contributed by atoms with Crippen LogP contribution in [0.2, 0.25) is 0 Å². The third kappa shape index (κ3) is 3.27. The van der Waals surface area contributed by atoms with Crippen LogP contribution in [0.15, 0.2) is 0 Å². The van der Waals surface area contributed by atoms with Gasteiger partial charge in [0.25, 0.3) is 6.57 Å². The molecule has 0 aromatic heterocycles. The molecular weight excluding hydrogens is 295 g/mol. The summed E-state index contributed by atoms with van der Waals surface area (Å²) in [6.07, 6.45) is 2.49. The zero-order valence-corrected chi connectivity index (χ0v) is 13.5. The Bertz CT molecular complexity index is 471. The summed E-state index contributed by atoms with van der Waals surface area (Å²) in [6, 6.07) is 0. The minimum Gasteiger partial charge on any atom is -0.377 e. The largest absolute Gasteiger partial charge is 0.377 e. The third-order valence-corrected chi connectivity index (χ3v) is 9.31. The molecule has 0 unspecified atom stereocenters. The molecule has 8 atom stereocenters. The van der Waals surface area contributed by atoms with Crippen molar-refractivity contribution in [3.05, 3.63) is 0 Å². The van der Waals surface area contributed by atoms with Gasteiger partial charge in [0.1, 0.15) is 0 Å². The van der Waals surface area contributed by atoms with E-state index in [1.807, 2.05) is 0 Å². The van der Waals surface area contributed by atoms with Crippen LogP contribution in [0.4, 0.5) is 0 Å². The topological polar surface area (TPSA) is 44.8 Å². The van der Waals surface area contributed by atoms with Crippen LogP contribution in [0, 0.1) is 5.92 Å². The van der Waals surface area contributed by atoms with Gasteiger partial charge >= 0.3 is 0 Å². The normalized spacial score (nSPS) is 59.0. The molecule has 0 aliphatic carbocycles. The van der Waals surface area contributed by atoms with Gasteiger partial charge in [0.05, 0.1) is 21.1 Å². The number of hydrogen-bond acceptors (Lipinski definition) is 5. The molecule has 0 aromatic rings. The van der Waals surface area contributed by atoms with Gasteiger partial charge in [0.15, 0.2) is 0 Å². The zero-order valence-electron chi connectivity index (χ0n) is 14.8. The Morgan fingerprint density at radius 1 is 1.40 bits per heavy atom. The summed E-state index contributed by atoms with van der Waals surface area (Å²) < 4.78 is 53.1. The second-order valence-corrected chi connectivity index (χ2v) is 10.8. The fourth-order valence-electron chi connectivity index (χ4n) is 2.97. The molecular formula is C14H25O4PS. The molecule has 3 fully saturated rings. The van der Waals surface area contributed by atoms with Crippen molar-refractivity contribution in [3.63, 3.8) is 0 Å². The lowest BCUT2D eigenvalue weighted by Crippen LogP contribution is -2.30. The Morgan fingerprint density at radius 3 is 3.00 bits per heavy atom. The molecule has 0 N–H and O–H groups in total. The molecule has 3 aliphatic heterocycles. The Hall–Kier alpha value is 0.460. The molecule has 3 saturated heterocycles. The minimum atomic E-state index is -2.87. The highest BCUT2D eigenvalue weighted by Gasteiger charge is 2.43. The van der Waals surface area contributed by atoms with E-state index in [-0.39, 0.29) is 18.3 Å². The maximum atomic E-state index is 13.2. The molecule has 0 aromatic carbocycles. The quantitative estimate of drug-likeness (QED) is 0.740. The van der Waals surface area contributed by atoms with Crippen LogP contribution in [0.25, 0.3) is 0 Å². The smallest absolute Gasteiger partial charge is 0.258 e. The van der Waals surface area contributed by atoms with Gasteiger partial charge in [-0.05, 0) is 38.5 Å². The van der Waals surface area contributed by atoms with E-state index in [1.165, 1.54) is 11.4 Å². The van der Waals surface area contributed by atoms with Crippen molar-refractivity contribution in [3.8, 4) is 0 Å². The fourth-order valence-corrected chi connectivity index (χ4v) is 8.67. The van der Waals surface area contributed by atoms with Gasteiger partial charge in [-0.3, -0.25) is 4.57 Å². The number of rotatable bonds is 3. The van der Waals surface area contributed by atoms with Gasteiger partial charge in [0.2, 0.25) is 0 Å². The molecule has 0 bridgehead atoms. The second kappa shape index (κ2) is 6.29. The Labute approximate surface area is 129 Å². The first-order chi connectivity index (χ1) is 10.9. The van der Waals surface area contributed by atoms with E-state index < -0.39 is 31.9 Å². The zero-order chi connectivity index (χ0) is 16.6. The Kier molecular flexibility index (Phi) is 3.76. The average molecular weight is 325 g/mol. The van der Waals surface area contributed by atoms with Crippen LogP contribution >= 0.6 is 18.0 Å². The minimum absolute atomic E-state index is 0.0252. The van der Waals surface area contributed by atoms with E-state index in [9.17, 15) is 4.57 Å². The van der Waals surface area contributed by atoms with Crippen LogP contribution in [0.5, 0.6) is 0 Å². The summed E-state index contributed by atoms with van der Waals surface area (Å²) >= 11 is 1.38. The van der Waals surface area contributed by atoms with E-state index in [4.69, 9.17) is 18.1 Å². The predicted octanol–water partition coefficient (Wildman–Crippen LogP) is 3.69. The first-order valence-corrected chi connectivity index (χ1v) is 10.6. The van der Waals surface area contributed by atoms with Gasteiger partial charge in [-0.1, -0.05) is 18.3 Å². The van der Waals surface area contributed by atoms with Crippen molar-refractivity contribution >= 4 is 18.0 Å². The summed E-state index contributed by atoms with van der Waals surface area (Å²) in [6.45, 7) is -1.91. The standard InChI is InChI=1S/C14H25O4PS/c1-10-5-7-17-14(10)13-4-3-9-19(15,20-13)18-12-6-8-16-11(12)2/h10-14H,3-9H2,1-2H3/t10-,11+,12-,13+,14-,19-/m0/s1/i2D,7T,8T/t7-,8-,10+,11-,12+,13-,14+,19+/m1. The molecule has 116 valence electrons. The molecule has 0 amide bonds. The van der Waals surface area contributed by atoms with Crippen LogP contribution in [-0.4, -0.2) is 42.9 Å². The maximum absolute atomic E-state index is 13.2. The summed E-state index contributed by atoms with van der Waals surface area (Å²) in [5.41, 5.74) is 0. The van der Waals surface area contributed by atoms with Crippen molar-refractivity contribution < 1.29 is 22.7 Å². The van der Waals surface area contributed by atoms with Crippen molar-refractivity contribution in [2.75, 3.05) is 19.3 Å². The van der Waals surface area contributed by atoms with Gasteiger partial charge in [-0.15, -0.1) is 0 Å². The molecule has 3 heterocycles. The molecule has 4 nitrogen and oxygen atoms in total. The molecule has 6 heteroatoms. The third-order valence-electron chi connectivity index (χ3n) is 4.18. The molecule has 0 radical (unpaired) electrons. The van der Waals surface area contributed by atoms with E-state index in [2.05, 4.69) is 6.92 Å². The maximum Gasteiger partial charge on any atom is 0.258 e. The summed E-state index contributed by atoms with van der Waals surface area (Å²) in [7, 11) is 0. The van der Waals surface area contributed by atoms with Gasteiger partial charge in [0, 0.05) is 25.9 Å².